The average molecular weight is 797 g/mol. The Kier molecular flexibility index (Phi) is 12.0. The molecule has 3 fully saturated rings. The lowest BCUT2D eigenvalue weighted by atomic mass is 9.85. The number of pyridine rings is 1. The molecule has 0 spiro atoms. The molecule has 2 aliphatic heterocycles. The monoisotopic (exact) mass is 796 g/mol. The van der Waals surface area contributed by atoms with E-state index in [2.05, 4.69) is 38.4 Å². The molecule has 3 aliphatic rings. The van der Waals surface area contributed by atoms with Crippen molar-refractivity contribution < 1.29 is 24.3 Å². The molecule has 57 heavy (non-hydrogen) atoms. The van der Waals surface area contributed by atoms with Crippen LogP contribution in [0.4, 0.5) is 16.2 Å². The highest BCUT2D eigenvalue weighted by Crippen LogP contribution is 2.36. The summed E-state index contributed by atoms with van der Waals surface area (Å²) in [5, 5.41) is 22.5. The number of amides is 5. The average Bonchev–Trinajstić information content (AvgIpc) is 3.60. The fraction of sp³-hybridized carbons (Fsp3) is 0.488. The maximum absolute atomic E-state index is 13.5. The van der Waals surface area contributed by atoms with Crippen LogP contribution in [0.3, 0.4) is 0 Å². The molecule has 1 aliphatic carbocycles. The van der Waals surface area contributed by atoms with Gasteiger partial charge in [0.1, 0.15) is 5.69 Å². The maximum atomic E-state index is 13.5. The first-order chi connectivity index (χ1) is 27.2. The van der Waals surface area contributed by atoms with Crippen molar-refractivity contribution in [2.45, 2.75) is 83.8 Å². The van der Waals surface area contributed by atoms with Gasteiger partial charge in [0.2, 0.25) is 5.91 Å². The zero-order valence-electron chi connectivity index (χ0n) is 33.3. The zero-order chi connectivity index (χ0) is 40.4. The first-order valence-corrected chi connectivity index (χ1v) is 20.5. The molecule has 4 heterocycles. The van der Waals surface area contributed by atoms with Gasteiger partial charge >= 0.3 is 6.03 Å². The summed E-state index contributed by atoms with van der Waals surface area (Å²) >= 11 is 6.40. The van der Waals surface area contributed by atoms with Crippen LogP contribution in [0, 0.1) is 18.8 Å². The number of carbonyl (C=O) groups is 4. The Bertz CT molecular complexity index is 2150. The van der Waals surface area contributed by atoms with Crippen molar-refractivity contribution in [3.05, 3.63) is 82.3 Å². The number of aliphatic hydroxyl groups is 1. The van der Waals surface area contributed by atoms with E-state index in [0.717, 1.165) is 74.6 Å². The number of rotatable bonds is 11. The SMILES string of the molecule is Cc1cccc(C(=O)Nc2cc3cn(C4CCC(CN(C)CCC5CCN(C(=O)c6ccc(Cl)c(N7CCC(=O)NC7=O)c6)CC5)CC4)nc3cc2C(C)(C)O)n1. The van der Waals surface area contributed by atoms with Crippen molar-refractivity contribution in [3.8, 4) is 0 Å². The fourth-order valence-corrected chi connectivity index (χ4v) is 8.74. The summed E-state index contributed by atoms with van der Waals surface area (Å²) in [4.78, 5) is 60.7. The number of fused-ring (bicyclic) bond motifs is 1. The van der Waals surface area contributed by atoms with Crippen molar-refractivity contribution in [2.24, 2.45) is 11.8 Å². The number of aromatic nitrogens is 3. The van der Waals surface area contributed by atoms with Crippen molar-refractivity contribution in [2.75, 3.05) is 50.0 Å². The molecule has 2 saturated heterocycles. The van der Waals surface area contributed by atoms with Crippen molar-refractivity contribution >= 4 is 57.6 Å². The summed E-state index contributed by atoms with van der Waals surface area (Å²) < 4.78 is 2.08. The van der Waals surface area contributed by atoms with E-state index >= 15 is 0 Å². The van der Waals surface area contributed by atoms with Gasteiger partial charge in [-0.05, 0) is 134 Å². The number of piperidine rings is 1. The first-order valence-electron chi connectivity index (χ1n) is 20.1. The Hall–Kier alpha value is -4.85. The second kappa shape index (κ2) is 16.9. The summed E-state index contributed by atoms with van der Waals surface area (Å²) in [7, 11) is 2.22. The largest absolute Gasteiger partial charge is 0.386 e. The number of likely N-dealkylation sites (tertiary alicyclic amines) is 1. The van der Waals surface area contributed by atoms with Crippen molar-refractivity contribution in [1.29, 1.82) is 0 Å². The van der Waals surface area contributed by atoms with Crippen LogP contribution >= 0.6 is 11.6 Å². The molecule has 2 aromatic carbocycles. The van der Waals surface area contributed by atoms with Gasteiger partial charge in [-0.1, -0.05) is 17.7 Å². The molecule has 5 amide bonds. The van der Waals surface area contributed by atoms with Gasteiger partial charge in [-0.3, -0.25) is 29.3 Å². The minimum Gasteiger partial charge on any atom is -0.386 e. The molecule has 4 aromatic rings. The number of hydrogen-bond acceptors (Lipinski definition) is 8. The number of imide groups is 1. The van der Waals surface area contributed by atoms with Gasteiger partial charge in [0.15, 0.2) is 0 Å². The maximum Gasteiger partial charge on any atom is 0.328 e. The topological polar surface area (TPSA) is 153 Å². The third-order valence-electron chi connectivity index (χ3n) is 11.8. The second-order valence-electron chi connectivity index (χ2n) is 16.6. The van der Waals surface area contributed by atoms with Gasteiger partial charge in [-0.25, -0.2) is 9.78 Å². The molecule has 302 valence electrons. The molecule has 2 aromatic heterocycles. The number of nitrogens with one attached hydrogen (secondary N) is 2. The van der Waals surface area contributed by atoms with Crippen LogP contribution in [0.25, 0.3) is 10.9 Å². The van der Waals surface area contributed by atoms with E-state index in [-0.39, 0.29) is 30.7 Å². The molecule has 0 radical (unpaired) electrons. The molecule has 1 saturated carbocycles. The molecule has 7 rings (SSSR count). The molecule has 0 atom stereocenters. The lowest BCUT2D eigenvalue weighted by Gasteiger charge is -2.34. The third kappa shape index (κ3) is 9.48. The molecule has 0 unspecified atom stereocenters. The zero-order valence-corrected chi connectivity index (χ0v) is 34.0. The van der Waals surface area contributed by atoms with E-state index in [1.165, 1.54) is 4.90 Å². The quantitative estimate of drug-likeness (QED) is 0.148. The standard InChI is InChI=1S/C43H53ClN8O5/c1-27-6-5-7-35(45-27)40(54)46-37-22-31-26-52(48-36(31)24-33(37)43(2,3)57)32-11-8-29(9-12-32)25-49(4)18-14-28-15-19-50(20-16-28)41(55)30-10-13-34(44)38(23-30)51-21-17-39(53)47-42(51)56/h5-7,10,13,22-24,26,28-29,32,57H,8-9,11-12,14-21,25H2,1-4H3,(H,46,54)(H,47,53,56). The Morgan fingerprint density at radius 1 is 1.00 bits per heavy atom. The minimum atomic E-state index is -1.19. The van der Waals surface area contributed by atoms with Gasteiger partial charge in [-0.2, -0.15) is 5.10 Å². The van der Waals surface area contributed by atoms with Gasteiger partial charge in [0.05, 0.1) is 27.9 Å². The molecule has 0 bridgehead atoms. The Balaban J connectivity index is 0.872. The molecule has 14 heteroatoms. The Morgan fingerprint density at radius 3 is 2.46 bits per heavy atom. The molecular formula is C43H53ClN8O5. The summed E-state index contributed by atoms with van der Waals surface area (Å²) in [6.45, 7) is 8.94. The fourth-order valence-electron chi connectivity index (χ4n) is 8.52. The summed E-state index contributed by atoms with van der Waals surface area (Å²) in [6.07, 6.45) is 9.58. The summed E-state index contributed by atoms with van der Waals surface area (Å²) in [5.74, 6) is 0.463. The van der Waals surface area contributed by atoms with E-state index in [9.17, 15) is 24.3 Å². The van der Waals surface area contributed by atoms with Gasteiger partial charge in [0.25, 0.3) is 11.8 Å². The molecular weight excluding hydrogens is 744 g/mol. The van der Waals surface area contributed by atoms with Gasteiger partial charge in [0, 0.05) is 66.7 Å². The number of nitrogens with zero attached hydrogens (tertiary/aromatic N) is 6. The van der Waals surface area contributed by atoms with Crippen LogP contribution in [-0.2, 0) is 10.4 Å². The number of anilines is 2. The Morgan fingerprint density at radius 2 is 1.75 bits per heavy atom. The highest BCUT2D eigenvalue weighted by atomic mass is 35.5. The number of aryl methyl sites for hydroxylation is 1. The van der Waals surface area contributed by atoms with Crippen LogP contribution in [0.5, 0.6) is 0 Å². The van der Waals surface area contributed by atoms with Crippen LogP contribution in [-0.4, -0.2) is 93.2 Å². The van der Waals surface area contributed by atoms with Crippen molar-refractivity contribution in [1.82, 2.24) is 29.9 Å². The van der Waals surface area contributed by atoms with Gasteiger partial charge in [-0.15, -0.1) is 0 Å². The van der Waals surface area contributed by atoms with Crippen LogP contribution in [0.15, 0.2) is 54.7 Å². The van der Waals surface area contributed by atoms with E-state index in [1.807, 2.05) is 30.0 Å². The summed E-state index contributed by atoms with van der Waals surface area (Å²) in [6, 6.07) is 13.9. The first kappa shape index (κ1) is 40.4. The third-order valence-corrected chi connectivity index (χ3v) is 12.1. The number of carbonyl (C=O) groups excluding carboxylic acids is 4. The van der Waals surface area contributed by atoms with Crippen LogP contribution < -0.4 is 15.5 Å². The lowest BCUT2D eigenvalue weighted by Crippen LogP contribution is -2.49. The number of benzene rings is 2. The highest BCUT2D eigenvalue weighted by molar-refractivity contribution is 6.34. The van der Waals surface area contributed by atoms with E-state index in [0.29, 0.717) is 64.2 Å². The highest BCUT2D eigenvalue weighted by Gasteiger charge is 2.30. The van der Waals surface area contributed by atoms with Crippen LogP contribution in [0.2, 0.25) is 5.02 Å². The predicted octanol–water partition coefficient (Wildman–Crippen LogP) is 6.92. The van der Waals surface area contributed by atoms with E-state index in [1.54, 1.807) is 44.2 Å². The molecule has 3 N–H and O–H groups in total. The Labute approximate surface area is 338 Å². The van der Waals surface area contributed by atoms with Gasteiger partial charge < -0.3 is 20.2 Å². The minimum absolute atomic E-state index is 0.0699. The normalized spacial score (nSPS) is 19.6. The van der Waals surface area contributed by atoms with E-state index < -0.39 is 11.6 Å². The summed E-state index contributed by atoms with van der Waals surface area (Å²) in [5.41, 5.74) is 2.75. The van der Waals surface area contributed by atoms with Crippen molar-refractivity contribution in [3.63, 3.8) is 0 Å². The van der Waals surface area contributed by atoms with E-state index in [4.69, 9.17) is 16.7 Å². The predicted molar refractivity (Wildman–Crippen MR) is 221 cm³/mol. The van der Waals surface area contributed by atoms with Crippen LogP contribution in [0.1, 0.15) is 103 Å². The number of urea groups is 1. The second-order valence-corrected chi connectivity index (χ2v) is 17.0. The smallest absolute Gasteiger partial charge is 0.328 e. The number of halogens is 1. The number of hydrogen-bond donors (Lipinski definition) is 3. The molecule has 13 nitrogen and oxygen atoms in total. The lowest BCUT2D eigenvalue weighted by molar-refractivity contribution is -0.120.